The molecule has 0 saturated carbocycles. The van der Waals surface area contributed by atoms with Crippen LogP contribution in [0.5, 0.6) is 0 Å². The molecule has 80 valence electrons. The highest BCUT2D eigenvalue weighted by atomic mass is 32.2. The Balaban J connectivity index is 2.44. The van der Waals surface area contributed by atoms with E-state index in [4.69, 9.17) is 11.0 Å². The van der Waals surface area contributed by atoms with Gasteiger partial charge >= 0.3 is 0 Å². The maximum Gasteiger partial charge on any atom is 0.0621 e. The first-order valence-electron chi connectivity index (χ1n) is 4.85. The summed E-state index contributed by atoms with van der Waals surface area (Å²) < 4.78 is 11.7. The van der Waals surface area contributed by atoms with Gasteiger partial charge in [0.25, 0.3) is 0 Å². The van der Waals surface area contributed by atoms with E-state index in [2.05, 4.69) is 6.07 Å². The summed E-state index contributed by atoms with van der Waals surface area (Å²) in [5, 5.41) is 8.34. The van der Waals surface area contributed by atoms with Gasteiger partial charge in [0.05, 0.1) is 16.9 Å². The smallest absolute Gasteiger partial charge is 0.0621 e. The summed E-state index contributed by atoms with van der Waals surface area (Å²) in [5.41, 5.74) is 6.23. The standard InChI is InChI=1S/C11H14N2OS/c12-7-2-1-3-8-15(14)11-6-4-5-10(13)9-11/h4-6,9H,1-3,8,13H2. The molecule has 3 nitrogen and oxygen atoms in total. The van der Waals surface area contributed by atoms with E-state index in [-0.39, 0.29) is 0 Å². The number of unbranched alkanes of at least 4 members (excludes halogenated alkanes) is 2. The molecule has 0 heterocycles. The van der Waals surface area contributed by atoms with Gasteiger partial charge in [-0.25, -0.2) is 0 Å². The number of benzene rings is 1. The first-order valence-corrected chi connectivity index (χ1v) is 6.17. The van der Waals surface area contributed by atoms with E-state index in [1.165, 1.54) is 0 Å². The van der Waals surface area contributed by atoms with Crippen molar-refractivity contribution in [3.8, 4) is 6.07 Å². The van der Waals surface area contributed by atoms with Crippen LogP contribution in [0.25, 0.3) is 0 Å². The van der Waals surface area contributed by atoms with E-state index in [1.807, 2.05) is 6.07 Å². The number of anilines is 1. The highest BCUT2D eigenvalue weighted by molar-refractivity contribution is 7.85. The molecule has 0 spiro atoms. The lowest BCUT2D eigenvalue weighted by atomic mass is 10.3. The third-order valence-electron chi connectivity index (χ3n) is 1.99. The Kier molecular flexibility index (Phi) is 4.85. The molecule has 0 aliphatic carbocycles. The summed E-state index contributed by atoms with van der Waals surface area (Å²) in [6.45, 7) is 0. The van der Waals surface area contributed by atoms with E-state index >= 15 is 0 Å². The van der Waals surface area contributed by atoms with Crippen LogP contribution < -0.4 is 5.73 Å². The van der Waals surface area contributed by atoms with E-state index in [0.717, 1.165) is 17.7 Å². The molecule has 15 heavy (non-hydrogen) atoms. The minimum absolute atomic E-state index is 0.536. The lowest BCUT2D eigenvalue weighted by Gasteiger charge is -2.02. The topological polar surface area (TPSA) is 66.9 Å². The summed E-state index contributed by atoms with van der Waals surface area (Å²) in [4.78, 5) is 0.770. The number of rotatable bonds is 5. The van der Waals surface area contributed by atoms with Gasteiger partial charge < -0.3 is 5.73 Å². The molecule has 0 saturated heterocycles. The first-order chi connectivity index (χ1) is 7.24. The number of nitrogen functional groups attached to an aromatic ring is 1. The molecule has 1 aromatic carbocycles. The molecule has 0 fully saturated rings. The van der Waals surface area contributed by atoms with Crippen LogP contribution in [-0.4, -0.2) is 9.96 Å². The molecule has 2 N–H and O–H groups in total. The molecule has 1 atom stereocenters. The maximum absolute atomic E-state index is 11.7. The quantitative estimate of drug-likeness (QED) is 0.612. The van der Waals surface area contributed by atoms with E-state index in [1.54, 1.807) is 18.2 Å². The minimum Gasteiger partial charge on any atom is -0.399 e. The predicted molar refractivity (Wildman–Crippen MR) is 61.6 cm³/mol. The molecule has 0 bridgehead atoms. The second-order valence-electron chi connectivity index (χ2n) is 3.24. The second kappa shape index (κ2) is 6.20. The third kappa shape index (κ3) is 4.13. The number of nitrogens with zero attached hydrogens (tertiary/aromatic N) is 1. The number of hydrogen-bond acceptors (Lipinski definition) is 3. The zero-order valence-corrected chi connectivity index (χ0v) is 9.30. The van der Waals surface area contributed by atoms with Crippen molar-refractivity contribution in [2.75, 3.05) is 11.5 Å². The Morgan fingerprint density at radius 2 is 2.20 bits per heavy atom. The highest BCUT2D eigenvalue weighted by Gasteiger charge is 2.03. The van der Waals surface area contributed by atoms with Crippen LogP contribution in [0, 0.1) is 11.3 Å². The van der Waals surface area contributed by atoms with Crippen LogP contribution in [-0.2, 0) is 10.8 Å². The molecule has 0 radical (unpaired) electrons. The largest absolute Gasteiger partial charge is 0.399 e. The van der Waals surface area contributed by atoms with Crippen LogP contribution >= 0.6 is 0 Å². The highest BCUT2D eigenvalue weighted by Crippen LogP contribution is 2.12. The number of nitriles is 1. The zero-order valence-electron chi connectivity index (χ0n) is 8.48. The fraction of sp³-hybridized carbons (Fsp3) is 0.364. The molecule has 0 amide bonds. The van der Waals surface area contributed by atoms with Gasteiger partial charge in [-0.2, -0.15) is 5.26 Å². The second-order valence-corrected chi connectivity index (χ2v) is 4.81. The number of hydrogen-bond donors (Lipinski definition) is 1. The monoisotopic (exact) mass is 222 g/mol. The Bertz CT molecular complexity index is 384. The SMILES string of the molecule is N#CCCCCS(=O)c1cccc(N)c1. The van der Waals surface area contributed by atoms with Gasteiger partial charge in [-0.15, -0.1) is 0 Å². The van der Waals surface area contributed by atoms with Crippen LogP contribution in [0.3, 0.4) is 0 Å². The van der Waals surface area contributed by atoms with Crippen molar-refractivity contribution in [2.45, 2.75) is 24.2 Å². The van der Waals surface area contributed by atoms with Crippen molar-refractivity contribution >= 4 is 16.5 Å². The fourth-order valence-electron chi connectivity index (χ4n) is 1.21. The summed E-state index contributed by atoms with van der Waals surface area (Å²) in [7, 11) is -0.987. The molecule has 0 aliphatic rings. The van der Waals surface area contributed by atoms with Gasteiger partial charge in [-0.05, 0) is 31.0 Å². The molecule has 1 rings (SSSR count). The van der Waals surface area contributed by atoms with Crippen LogP contribution in [0.2, 0.25) is 0 Å². The van der Waals surface area contributed by atoms with Gasteiger partial charge in [0, 0.05) is 22.8 Å². The van der Waals surface area contributed by atoms with Crippen LogP contribution in [0.15, 0.2) is 29.2 Å². The van der Waals surface area contributed by atoms with Crippen LogP contribution in [0.1, 0.15) is 19.3 Å². The predicted octanol–water partition coefficient (Wildman–Crippen LogP) is 2.07. The average molecular weight is 222 g/mol. The van der Waals surface area contributed by atoms with E-state index < -0.39 is 10.8 Å². The summed E-state index contributed by atoms with van der Waals surface area (Å²) in [6, 6.07) is 9.20. The van der Waals surface area contributed by atoms with Crippen LogP contribution in [0.4, 0.5) is 5.69 Å². The van der Waals surface area contributed by atoms with Crippen molar-refractivity contribution in [1.82, 2.24) is 0 Å². The Hall–Kier alpha value is -1.34. The van der Waals surface area contributed by atoms with Crippen molar-refractivity contribution in [3.63, 3.8) is 0 Å². The molecule has 0 aromatic heterocycles. The Morgan fingerprint density at radius 3 is 2.87 bits per heavy atom. The number of nitrogens with two attached hydrogens (primary N) is 1. The summed E-state index contributed by atoms with van der Waals surface area (Å²) in [5.74, 6) is 0.602. The molecule has 1 aromatic rings. The van der Waals surface area contributed by atoms with Crippen molar-refractivity contribution in [1.29, 1.82) is 5.26 Å². The van der Waals surface area contributed by atoms with E-state index in [9.17, 15) is 4.21 Å². The lowest BCUT2D eigenvalue weighted by Crippen LogP contribution is -1.99. The molecular weight excluding hydrogens is 208 g/mol. The molecule has 4 heteroatoms. The van der Waals surface area contributed by atoms with Gasteiger partial charge in [0.1, 0.15) is 0 Å². The minimum atomic E-state index is -0.987. The normalized spacial score (nSPS) is 11.9. The summed E-state index contributed by atoms with van der Waals surface area (Å²) in [6.07, 6.45) is 2.16. The van der Waals surface area contributed by atoms with Gasteiger partial charge in [-0.3, -0.25) is 4.21 Å². The molecular formula is C11H14N2OS. The molecule has 1 unspecified atom stereocenters. The van der Waals surface area contributed by atoms with Gasteiger partial charge in [0.15, 0.2) is 0 Å². The van der Waals surface area contributed by atoms with Gasteiger partial charge in [0.2, 0.25) is 0 Å². The van der Waals surface area contributed by atoms with Crippen molar-refractivity contribution < 1.29 is 4.21 Å². The fourth-order valence-corrected chi connectivity index (χ4v) is 2.41. The van der Waals surface area contributed by atoms with Crippen molar-refractivity contribution in [3.05, 3.63) is 24.3 Å². The third-order valence-corrected chi connectivity index (χ3v) is 3.43. The molecule has 0 aliphatic heterocycles. The van der Waals surface area contributed by atoms with E-state index in [0.29, 0.717) is 17.9 Å². The Morgan fingerprint density at radius 1 is 1.40 bits per heavy atom. The first kappa shape index (κ1) is 11.7. The summed E-state index contributed by atoms with van der Waals surface area (Å²) >= 11 is 0. The van der Waals surface area contributed by atoms with Gasteiger partial charge in [-0.1, -0.05) is 6.07 Å². The maximum atomic E-state index is 11.7. The zero-order chi connectivity index (χ0) is 11.1. The Labute approximate surface area is 92.4 Å². The average Bonchev–Trinajstić information content (AvgIpc) is 2.24. The lowest BCUT2D eigenvalue weighted by molar-refractivity contribution is 0.678. The van der Waals surface area contributed by atoms with Crippen molar-refractivity contribution in [2.24, 2.45) is 0 Å².